The van der Waals surface area contributed by atoms with Gasteiger partial charge in [0.1, 0.15) is 0 Å². The van der Waals surface area contributed by atoms with Gasteiger partial charge in [-0.15, -0.1) is 0 Å². The summed E-state index contributed by atoms with van der Waals surface area (Å²) in [6.07, 6.45) is 2.57. The van der Waals surface area contributed by atoms with Gasteiger partial charge in [-0.3, -0.25) is 0 Å². The van der Waals surface area contributed by atoms with Crippen molar-refractivity contribution >= 4 is 49.3 Å². The van der Waals surface area contributed by atoms with E-state index in [0.29, 0.717) is 0 Å². The molecule has 3 aromatic carbocycles. The van der Waals surface area contributed by atoms with Crippen LogP contribution in [0.4, 0.5) is 0 Å². The second kappa shape index (κ2) is 4.11. The minimum absolute atomic E-state index is 0.282. The van der Waals surface area contributed by atoms with Crippen molar-refractivity contribution in [2.24, 2.45) is 0 Å². The average molecular weight is 447 g/mol. The molecule has 0 atom stereocenters. The standard InChI is InChI=1S/C19H12BrI/c20-17-7-6-15-18-13(2-1-3-14(17)18)12-5-4-11(21)10-16(12)19(15)8-9-19/h1-7,10H,8-9H2. The van der Waals surface area contributed by atoms with Gasteiger partial charge in [-0.2, -0.15) is 0 Å². The van der Waals surface area contributed by atoms with E-state index in [2.05, 4.69) is 87.1 Å². The Labute approximate surface area is 145 Å². The quantitative estimate of drug-likeness (QED) is 0.357. The molecule has 0 aliphatic heterocycles. The third-order valence-electron chi connectivity index (χ3n) is 5.04. The summed E-state index contributed by atoms with van der Waals surface area (Å²) in [6, 6.07) is 18.2. The number of hydrogen-bond acceptors (Lipinski definition) is 0. The molecule has 0 amide bonds. The van der Waals surface area contributed by atoms with E-state index in [4.69, 9.17) is 0 Å². The molecule has 0 radical (unpaired) electrons. The van der Waals surface area contributed by atoms with Gasteiger partial charge in [0, 0.05) is 13.5 Å². The van der Waals surface area contributed by atoms with Crippen molar-refractivity contribution in [3.8, 4) is 11.1 Å². The third-order valence-corrected chi connectivity index (χ3v) is 6.40. The second-order valence-electron chi connectivity index (χ2n) is 6.10. The first kappa shape index (κ1) is 12.7. The highest BCUT2D eigenvalue weighted by molar-refractivity contribution is 14.1. The molecule has 102 valence electrons. The van der Waals surface area contributed by atoms with Crippen LogP contribution in [0.3, 0.4) is 0 Å². The van der Waals surface area contributed by atoms with E-state index in [-0.39, 0.29) is 5.41 Å². The van der Waals surface area contributed by atoms with E-state index < -0.39 is 0 Å². The summed E-state index contributed by atoms with van der Waals surface area (Å²) in [5.74, 6) is 0. The summed E-state index contributed by atoms with van der Waals surface area (Å²) >= 11 is 6.16. The van der Waals surface area contributed by atoms with Crippen molar-refractivity contribution in [2.75, 3.05) is 0 Å². The molecule has 2 heteroatoms. The van der Waals surface area contributed by atoms with Gasteiger partial charge in [-0.05, 0) is 86.7 Å². The van der Waals surface area contributed by atoms with Gasteiger partial charge < -0.3 is 0 Å². The third kappa shape index (κ3) is 1.55. The van der Waals surface area contributed by atoms with Crippen LogP contribution in [0, 0.1) is 3.57 Å². The lowest BCUT2D eigenvalue weighted by Crippen LogP contribution is -2.15. The molecular formula is C19H12BrI. The zero-order valence-electron chi connectivity index (χ0n) is 11.3. The normalized spacial score (nSPS) is 17.0. The van der Waals surface area contributed by atoms with Crippen molar-refractivity contribution in [3.05, 3.63) is 67.7 Å². The van der Waals surface area contributed by atoms with E-state index in [1.807, 2.05) is 0 Å². The lowest BCUT2D eigenvalue weighted by atomic mass is 9.75. The molecule has 1 fully saturated rings. The molecular weight excluding hydrogens is 435 g/mol. The van der Waals surface area contributed by atoms with Gasteiger partial charge in [0.05, 0.1) is 0 Å². The molecule has 1 saturated carbocycles. The van der Waals surface area contributed by atoms with Crippen molar-refractivity contribution in [1.82, 2.24) is 0 Å². The summed E-state index contributed by atoms with van der Waals surface area (Å²) in [4.78, 5) is 0. The van der Waals surface area contributed by atoms with Gasteiger partial charge in [0.2, 0.25) is 0 Å². The van der Waals surface area contributed by atoms with Crippen LogP contribution in [-0.2, 0) is 5.41 Å². The van der Waals surface area contributed by atoms with Crippen LogP contribution in [0.25, 0.3) is 21.9 Å². The second-order valence-corrected chi connectivity index (χ2v) is 8.20. The van der Waals surface area contributed by atoms with Crippen molar-refractivity contribution in [1.29, 1.82) is 0 Å². The maximum absolute atomic E-state index is 3.73. The van der Waals surface area contributed by atoms with E-state index in [0.717, 1.165) is 0 Å². The van der Waals surface area contributed by atoms with Crippen LogP contribution in [-0.4, -0.2) is 0 Å². The Bertz CT molecular complexity index is 922. The molecule has 5 rings (SSSR count). The van der Waals surface area contributed by atoms with Crippen molar-refractivity contribution in [2.45, 2.75) is 18.3 Å². The average Bonchev–Trinajstić information content (AvgIpc) is 3.28. The van der Waals surface area contributed by atoms with Gasteiger partial charge in [-0.25, -0.2) is 0 Å². The molecule has 0 heterocycles. The Hall–Kier alpha value is -0.870. The molecule has 0 aromatic heterocycles. The summed E-state index contributed by atoms with van der Waals surface area (Å²) in [7, 11) is 0. The Balaban J connectivity index is 2.03. The zero-order chi connectivity index (χ0) is 14.2. The fourth-order valence-electron chi connectivity index (χ4n) is 3.95. The largest absolute Gasteiger partial charge is 0.0610 e. The Kier molecular flexibility index (Phi) is 2.47. The molecule has 0 bridgehead atoms. The number of benzene rings is 3. The molecule has 2 aliphatic carbocycles. The highest BCUT2D eigenvalue weighted by Gasteiger charge is 2.50. The van der Waals surface area contributed by atoms with Crippen LogP contribution >= 0.6 is 38.5 Å². The first-order valence-corrected chi connectivity index (χ1v) is 9.10. The molecule has 0 saturated heterocycles. The van der Waals surface area contributed by atoms with Crippen LogP contribution in [0.15, 0.2) is 53.0 Å². The van der Waals surface area contributed by atoms with E-state index in [1.165, 1.54) is 53.9 Å². The zero-order valence-corrected chi connectivity index (χ0v) is 15.0. The SMILES string of the molecule is Brc1ccc2c3c(cccc13)-c1ccc(I)cc1C21CC1. The van der Waals surface area contributed by atoms with Crippen molar-refractivity contribution < 1.29 is 0 Å². The van der Waals surface area contributed by atoms with Crippen LogP contribution in [0.2, 0.25) is 0 Å². The molecule has 2 aliphatic rings. The molecule has 0 nitrogen and oxygen atoms in total. The number of fused-ring (bicyclic) bond motifs is 4. The van der Waals surface area contributed by atoms with Gasteiger partial charge >= 0.3 is 0 Å². The van der Waals surface area contributed by atoms with Crippen LogP contribution in [0.5, 0.6) is 0 Å². The topological polar surface area (TPSA) is 0 Å². The van der Waals surface area contributed by atoms with E-state index in [1.54, 1.807) is 0 Å². The summed E-state index contributed by atoms with van der Waals surface area (Å²) in [5.41, 5.74) is 6.18. The first-order chi connectivity index (χ1) is 10.2. The summed E-state index contributed by atoms with van der Waals surface area (Å²) in [5, 5.41) is 2.80. The number of hydrogen-bond donors (Lipinski definition) is 0. The lowest BCUT2D eigenvalue weighted by Gasteiger charge is -2.29. The lowest BCUT2D eigenvalue weighted by molar-refractivity contribution is 0.852. The minimum Gasteiger partial charge on any atom is -0.0610 e. The monoisotopic (exact) mass is 446 g/mol. The molecule has 0 unspecified atom stereocenters. The van der Waals surface area contributed by atoms with E-state index >= 15 is 0 Å². The predicted octanol–water partition coefficient (Wildman–Crippen LogP) is 6.27. The fourth-order valence-corrected chi connectivity index (χ4v) is 4.90. The molecule has 3 aromatic rings. The van der Waals surface area contributed by atoms with Gasteiger partial charge in [0.25, 0.3) is 0 Å². The summed E-state index contributed by atoms with van der Waals surface area (Å²) < 4.78 is 2.54. The Morgan fingerprint density at radius 2 is 1.76 bits per heavy atom. The van der Waals surface area contributed by atoms with E-state index in [9.17, 15) is 0 Å². The Morgan fingerprint density at radius 3 is 2.57 bits per heavy atom. The molecule has 21 heavy (non-hydrogen) atoms. The highest BCUT2D eigenvalue weighted by atomic mass is 127. The fraction of sp³-hybridized carbons (Fsp3) is 0.158. The van der Waals surface area contributed by atoms with Gasteiger partial charge in [0.15, 0.2) is 0 Å². The number of rotatable bonds is 0. The predicted molar refractivity (Wildman–Crippen MR) is 99.8 cm³/mol. The molecule has 1 spiro atoms. The maximum Gasteiger partial charge on any atom is 0.0254 e. The van der Waals surface area contributed by atoms with Crippen LogP contribution in [0.1, 0.15) is 24.0 Å². The first-order valence-electron chi connectivity index (χ1n) is 7.23. The molecule has 0 N–H and O–H groups in total. The number of halogens is 2. The maximum atomic E-state index is 3.73. The highest BCUT2D eigenvalue weighted by Crippen LogP contribution is 2.61. The summed E-state index contributed by atoms with van der Waals surface area (Å²) in [6.45, 7) is 0. The van der Waals surface area contributed by atoms with Crippen molar-refractivity contribution in [3.63, 3.8) is 0 Å². The van der Waals surface area contributed by atoms with Gasteiger partial charge in [-0.1, -0.05) is 46.3 Å². The Morgan fingerprint density at radius 1 is 0.905 bits per heavy atom. The smallest absolute Gasteiger partial charge is 0.0254 e. The minimum atomic E-state index is 0.282. The van der Waals surface area contributed by atoms with Crippen LogP contribution < -0.4 is 0 Å².